The van der Waals surface area contributed by atoms with Crippen LogP contribution in [0.3, 0.4) is 0 Å². The van der Waals surface area contributed by atoms with Crippen molar-refractivity contribution >= 4 is 11.8 Å². The zero-order chi connectivity index (χ0) is 19.2. The lowest BCUT2D eigenvalue weighted by atomic mass is 9.94. The summed E-state index contributed by atoms with van der Waals surface area (Å²) in [5.74, 6) is 0.229. The second-order valence-corrected chi connectivity index (χ2v) is 7.46. The van der Waals surface area contributed by atoms with Gasteiger partial charge in [0.25, 0.3) is 0 Å². The predicted octanol–water partition coefficient (Wildman–Crippen LogP) is 3.65. The lowest BCUT2D eigenvalue weighted by Gasteiger charge is -2.32. The average molecular weight is 364 g/mol. The molecule has 1 N–H and O–H groups in total. The van der Waals surface area contributed by atoms with Crippen molar-refractivity contribution in [2.75, 3.05) is 13.1 Å². The molecular weight excluding hydrogens is 336 g/mol. The monoisotopic (exact) mass is 364 g/mol. The third-order valence-electron chi connectivity index (χ3n) is 5.35. The SMILES string of the molecule is Cc1ccc(CC(=O)N2CCC(C(=O)NC(C)c3ccccc3)CC2)cc1. The summed E-state index contributed by atoms with van der Waals surface area (Å²) in [4.78, 5) is 27.0. The van der Waals surface area contributed by atoms with Crippen LogP contribution in [0.5, 0.6) is 0 Å². The number of piperidine rings is 1. The van der Waals surface area contributed by atoms with E-state index in [4.69, 9.17) is 0 Å². The Morgan fingerprint density at radius 2 is 1.67 bits per heavy atom. The van der Waals surface area contributed by atoms with Gasteiger partial charge in [-0.05, 0) is 37.8 Å². The van der Waals surface area contributed by atoms with Crippen molar-refractivity contribution in [2.24, 2.45) is 5.92 Å². The first kappa shape index (κ1) is 19.2. The van der Waals surface area contributed by atoms with E-state index in [9.17, 15) is 9.59 Å². The van der Waals surface area contributed by atoms with Crippen LogP contribution in [-0.2, 0) is 16.0 Å². The fourth-order valence-electron chi connectivity index (χ4n) is 3.54. The summed E-state index contributed by atoms with van der Waals surface area (Å²) < 4.78 is 0. The minimum Gasteiger partial charge on any atom is -0.349 e. The molecule has 0 aliphatic carbocycles. The molecule has 0 aromatic heterocycles. The first-order chi connectivity index (χ1) is 13.0. The van der Waals surface area contributed by atoms with Gasteiger partial charge in [-0.2, -0.15) is 0 Å². The smallest absolute Gasteiger partial charge is 0.226 e. The average Bonchev–Trinajstić information content (AvgIpc) is 2.70. The summed E-state index contributed by atoms with van der Waals surface area (Å²) >= 11 is 0. The predicted molar refractivity (Wildman–Crippen MR) is 107 cm³/mol. The number of aryl methyl sites for hydroxylation is 1. The number of likely N-dealkylation sites (tertiary alicyclic amines) is 1. The Bertz CT molecular complexity index is 763. The Labute approximate surface area is 161 Å². The molecule has 1 aliphatic rings. The minimum atomic E-state index is -0.0143. The van der Waals surface area contributed by atoms with Crippen LogP contribution in [0.25, 0.3) is 0 Å². The Balaban J connectivity index is 1.47. The number of rotatable bonds is 5. The molecule has 1 atom stereocenters. The van der Waals surface area contributed by atoms with Crippen LogP contribution in [0.1, 0.15) is 42.5 Å². The van der Waals surface area contributed by atoms with E-state index in [1.54, 1.807) is 0 Å². The van der Waals surface area contributed by atoms with Gasteiger partial charge in [-0.1, -0.05) is 60.2 Å². The topological polar surface area (TPSA) is 49.4 Å². The fourth-order valence-corrected chi connectivity index (χ4v) is 3.54. The second kappa shape index (κ2) is 8.85. The van der Waals surface area contributed by atoms with Gasteiger partial charge in [0.15, 0.2) is 0 Å². The van der Waals surface area contributed by atoms with E-state index in [2.05, 4.69) is 5.32 Å². The molecule has 142 valence electrons. The molecule has 3 rings (SSSR count). The summed E-state index contributed by atoms with van der Waals surface area (Å²) in [7, 11) is 0. The molecular formula is C23H28N2O2. The van der Waals surface area contributed by atoms with Gasteiger partial charge < -0.3 is 10.2 Å². The lowest BCUT2D eigenvalue weighted by Crippen LogP contribution is -2.43. The van der Waals surface area contributed by atoms with E-state index in [-0.39, 0.29) is 23.8 Å². The molecule has 0 bridgehead atoms. The molecule has 4 heteroatoms. The third-order valence-corrected chi connectivity index (χ3v) is 5.35. The molecule has 4 nitrogen and oxygen atoms in total. The van der Waals surface area contributed by atoms with E-state index in [0.29, 0.717) is 19.5 Å². The fraction of sp³-hybridized carbons (Fsp3) is 0.391. The highest BCUT2D eigenvalue weighted by Crippen LogP contribution is 2.20. The molecule has 0 spiro atoms. The quantitative estimate of drug-likeness (QED) is 0.880. The van der Waals surface area contributed by atoms with E-state index in [0.717, 1.165) is 24.0 Å². The Morgan fingerprint density at radius 1 is 1.04 bits per heavy atom. The Morgan fingerprint density at radius 3 is 2.30 bits per heavy atom. The second-order valence-electron chi connectivity index (χ2n) is 7.46. The number of nitrogens with one attached hydrogen (secondary N) is 1. The Kier molecular flexibility index (Phi) is 6.28. The number of amides is 2. The van der Waals surface area contributed by atoms with Crippen LogP contribution >= 0.6 is 0 Å². The summed E-state index contributed by atoms with van der Waals surface area (Å²) in [6, 6.07) is 18.1. The first-order valence-electron chi connectivity index (χ1n) is 9.71. The third kappa shape index (κ3) is 5.19. The number of benzene rings is 2. The summed E-state index contributed by atoms with van der Waals surface area (Å²) in [6.07, 6.45) is 1.89. The number of hydrogen-bond acceptors (Lipinski definition) is 2. The molecule has 1 saturated heterocycles. The molecule has 27 heavy (non-hydrogen) atoms. The maximum absolute atomic E-state index is 12.6. The summed E-state index contributed by atoms with van der Waals surface area (Å²) in [5, 5.41) is 3.11. The molecule has 2 amide bonds. The van der Waals surface area contributed by atoms with Crippen LogP contribution in [-0.4, -0.2) is 29.8 Å². The van der Waals surface area contributed by atoms with Gasteiger partial charge in [0.05, 0.1) is 12.5 Å². The van der Waals surface area contributed by atoms with Crippen molar-refractivity contribution in [1.29, 1.82) is 0 Å². The van der Waals surface area contributed by atoms with Crippen LogP contribution in [0.15, 0.2) is 54.6 Å². The first-order valence-corrected chi connectivity index (χ1v) is 9.71. The highest BCUT2D eigenvalue weighted by Gasteiger charge is 2.28. The van der Waals surface area contributed by atoms with Crippen molar-refractivity contribution in [3.63, 3.8) is 0 Å². The maximum atomic E-state index is 12.6. The highest BCUT2D eigenvalue weighted by atomic mass is 16.2. The van der Waals surface area contributed by atoms with Gasteiger partial charge in [0, 0.05) is 19.0 Å². The van der Waals surface area contributed by atoms with Crippen LogP contribution in [0.4, 0.5) is 0 Å². The molecule has 1 aliphatic heterocycles. The summed E-state index contributed by atoms with van der Waals surface area (Å²) in [6.45, 7) is 5.36. The standard InChI is InChI=1S/C23H28N2O2/c1-17-8-10-19(11-9-17)16-22(26)25-14-12-21(13-15-25)23(27)24-18(2)20-6-4-3-5-7-20/h3-11,18,21H,12-16H2,1-2H3,(H,24,27). The molecule has 1 heterocycles. The van der Waals surface area contributed by atoms with Crippen molar-refractivity contribution in [1.82, 2.24) is 10.2 Å². The van der Waals surface area contributed by atoms with Crippen molar-refractivity contribution < 1.29 is 9.59 Å². The number of carbonyl (C=O) groups is 2. The minimum absolute atomic E-state index is 0.0000936. The van der Waals surface area contributed by atoms with E-state index < -0.39 is 0 Å². The molecule has 1 unspecified atom stereocenters. The van der Waals surface area contributed by atoms with Gasteiger partial charge in [-0.15, -0.1) is 0 Å². The van der Waals surface area contributed by atoms with E-state index >= 15 is 0 Å². The maximum Gasteiger partial charge on any atom is 0.226 e. The van der Waals surface area contributed by atoms with Gasteiger partial charge in [-0.25, -0.2) is 0 Å². The van der Waals surface area contributed by atoms with Gasteiger partial charge in [0.2, 0.25) is 11.8 Å². The van der Waals surface area contributed by atoms with E-state index in [1.165, 1.54) is 5.56 Å². The normalized spacial score (nSPS) is 16.0. The zero-order valence-corrected chi connectivity index (χ0v) is 16.2. The molecule has 1 fully saturated rings. The van der Waals surface area contributed by atoms with E-state index in [1.807, 2.05) is 73.3 Å². The number of nitrogens with zero attached hydrogens (tertiary/aromatic N) is 1. The Hall–Kier alpha value is -2.62. The van der Waals surface area contributed by atoms with Crippen molar-refractivity contribution in [2.45, 2.75) is 39.2 Å². The molecule has 0 radical (unpaired) electrons. The van der Waals surface area contributed by atoms with Gasteiger partial charge in [0.1, 0.15) is 0 Å². The largest absolute Gasteiger partial charge is 0.349 e. The van der Waals surface area contributed by atoms with Gasteiger partial charge in [-0.3, -0.25) is 9.59 Å². The number of hydrogen-bond donors (Lipinski definition) is 1. The van der Waals surface area contributed by atoms with Crippen LogP contribution in [0, 0.1) is 12.8 Å². The van der Waals surface area contributed by atoms with Crippen molar-refractivity contribution in [3.8, 4) is 0 Å². The zero-order valence-electron chi connectivity index (χ0n) is 16.2. The number of carbonyl (C=O) groups excluding carboxylic acids is 2. The summed E-state index contributed by atoms with van der Waals surface area (Å²) in [5.41, 5.74) is 3.35. The molecule has 2 aromatic carbocycles. The lowest BCUT2D eigenvalue weighted by molar-refractivity contribution is -0.135. The molecule has 0 saturated carbocycles. The highest BCUT2D eigenvalue weighted by molar-refractivity contribution is 5.81. The van der Waals surface area contributed by atoms with Gasteiger partial charge >= 0.3 is 0 Å². The van der Waals surface area contributed by atoms with Crippen LogP contribution < -0.4 is 5.32 Å². The van der Waals surface area contributed by atoms with Crippen molar-refractivity contribution in [3.05, 3.63) is 71.3 Å². The van der Waals surface area contributed by atoms with Crippen LogP contribution in [0.2, 0.25) is 0 Å². The molecule has 2 aromatic rings.